The lowest BCUT2D eigenvalue weighted by Crippen LogP contribution is -2.70. The Morgan fingerprint density at radius 2 is 1.33 bits per heavy atom. The van der Waals surface area contributed by atoms with Crippen LogP contribution in [0.1, 0.15) is 13.3 Å². The van der Waals surface area contributed by atoms with Gasteiger partial charge in [0.15, 0.2) is 0 Å². The number of rotatable bonds is 6. The van der Waals surface area contributed by atoms with Gasteiger partial charge >= 0.3 is 8.80 Å². The van der Waals surface area contributed by atoms with Gasteiger partial charge in [-0.2, -0.15) is 12.6 Å². The van der Waals surface area contributed by atoms with Gasteiger partial charge in [0.1, 0.15) is 0 Å². The Hall–Kier alpha value is 0.664. The van der Waals surface area contributed by atoms with Crippen LogP contribution in [0.5, 0.6) is 0 Å². The maximum atomic E-state index is 5.57. The zero-order valence-corrected chi connectivity index (χ0v) is 13.8. The first-order valence-corrected chi connectivity index (χ1v) is 10.8. The first kappa shape index (κ1) is 15.7. The minimum absolute atomic E-state index is 0.252. The van der Waals surface area contributed by atoms with E-state index >= 15 is 0 Å². The van der Waals surface area contributed by atoms with Crippen LogP contribution in [0.2, 0.25) is 19.6 Å². The molecule has 1 atom stereocenters. The van der Waals surface area contributed by atoms with Gasteiger partial charge in [0.25, 0.3) is 0 Å². The van der Waals surface area contributed by atoms with Crippen LogP contribution in [0.15, 0.2) is 0 Å². The third kappa shape index (κ3) is 2.50. The normalized spacial score (nSPS) is 17.6. The lowest BCUT2D eigenvalue weighted by Gasteiger charge is -2.47. The molecule has 0 aromatic carbocycles. The van der Waals surface area contributed by atoms with Gasteiger partial charge in [-0.05, 0) is 6.42 Å². The molecule has 0 rings (SSSR count). The maximum absolute atomic E-state index is 5.57. The van der Waals surface area contributed by atoms with Crippen LogP contribution in [0.4, 0.5) is 0 Å². The molecule has 0 fully saturated rings. The Bertz CT molecular complexity index is 196. The van der Waals surface area contributed by atoms with Crippen LogP contribution in [0.3, 0.4) is 0 Å². The van der Waals surface area contributed by atoms with Gasteiger partial charge < -0.3 is 13.3 Å². The molecule has 0 bridgehead atoms. The zero-order valence-electron chi connectivity index (χ0n) is 10.9. The van der Waals surface area contributed by atoms with Gasteiger partial charge in [0.2, 0.25) is 0 Å². The van der Waals surface area contributed by atoms with E-state index in [0.29, 0.717) is 0 Å². The van der Waals surface area contributed by atoms with E-state index in [0.717, 1.165) is 6.42 Å². The minimum atomic E-state index is -2.68. The van der Waals surface area contributed by atoms with Crippen LogP contribution in [0.25, 0.3) is 0 Å². The van der Waals surface area contributed by atoms with E-state index in [1.165, 1.54) is 0 Å². The maximum Gasteiger partial charge on any atom is 0.513 e. The highest BCUT2D eigenvalue weighted by Crippen LogP contribution is 2.40. The van der Waals surface area contributed by atoms with Crippen molar-refractivity contribution in [2.45, 2.75) is 37.0 Å². The van der Waals surface area contributed by atoms with E-state index in [1.807, 2.05) is 0 Å². The van der Waals surface area contributed by atoms with E-state index in [4.69, 9.17) is 25.9 Å². The van der Waals surface area contributed by atoms with E-state index in [1.54, 1.807) is 21.3 Å². The van der Waals surface area contributed by atoms with Gasteiger partial charge in [-0.1, -0.05) is 26.6 Å². The molecule has 0 radical (unpaired) electrons. The monoisotopic (exact) mass is 268 g/mol. The van der Waals surface area contributed by atoms with E-state index in [9.17, 15) is 0 Å². The molecule has 15 heavy (non-hydrogen) atoms. The molecule has 0 aliphatic carbocycles. The predicted molar refractivity (Wildman–Crippen MR) is 72.1 cm³/mol. The average molecular weight is 269 g/mol. The molecule has 0 spiro atoms. The van der Waals surface area contributed by atoms with Gasteiger partial charge in [-0.3, -0.25) is 0 Å². The summed E-state index contributed by atoms with van der Waals surface area (Å²) in [5.74, 6) is 0. The van der Waals surface area contributed by atoms with Crippen molar-refractivity contribution >= 4 is 29.5 Å². The van der Waals surface area contributed by atoms with Crippen LogP contribution >= 0.6 is 12.6 Å². The standard InChI is InChI=1S/C9H24O3SSi2/c1-8-9(13,14(5,6)7)15(10-2,11-3)12-4/h13H,8H2,1-7H3/t9-/m0/s1. The van der Waals surface area contributed by atoms with Gasteiger partial charge in [0, 0.05) is 21.3 Å². The van der Waals surface area contributed by atoms with Crippen molar-refractivity contribution in [1.82, 2.24) is 0 Å². The topological polar surface area (TPSA) is 27.7 Å². The molecule has 0 aliphatic rings. The average Bonchev–Trinajstić information content (AvgIpc) is 2.19. The Morgan fingerprint density at radius 1 is 1.00 bits per heavy atom. The molecule has 6 heteroatoms. The fraction of sp³-hybridized carbons (Fsp3) is 1.00. The quantitative estimate of drug-likeness (QED) is 0.592. The Labute approximate surface area is 101 Å². The molecule has 0 unspecified atom stereocenters. The third-order valence-corrected chi connectivity index (χ3v) is 15.2. The molecule has 0 amide bonds. The van der Waals surface area contributed by atoms with Crippen molar-refractivity contribution in [3.05, 3.63) is 0 Å². The Kier molecular flexibility index (Phi) is 5.57. The van der Waals surface area contributed by atoms with Crippen LogP contribution < -0.4 is 0 Å². The van der Waals surface area contributed by atoms with Crippen LogP contribution in [-0.4, -0.2) is 42.2 Å². The molecule has 0 aromatic rings. The molecule has 0 saturated heterocycles. The highest BCUT2D eigenvalue weighted by molar-refractivity contribution is 7.86. The smallest absolute Gasteiger partial charge is 0.376 e. The highest BCUT2D eigenvalue weighted by atomic mass is 32.1. The lowest BCUT2D eigenvalue weighted by atomic mass is 10.6. The van der Waals surface area contributed by atoms with E-state index in [2.05, 4.69) is 26.6 Å². The van der Waals surface area contributed by atoms with Crippen molar-refractivity contribution in [2.24, 2.45) is 0 Å². The second-order valence-corrected chi connectivity index (χ2v) is 15.3. The second kappa shape index (κ2) is 5.33. The molecule has 0 aromatic heterocycles. The van der Waals surface area contributed by atoms with Gasteiger partial charge in [-0.15, -0.1) is 0 Å². The van der Waals surface area contributed by atoms with Crippen molar-refractivity contribution < 1.29 is 13.3 Å². The first-order valence-electron chi connectivity index (χ1n) is 5.12. The van der Waals surface area contributed by atoms with E-state index < -0.39 is 16.9 Å². The van der Waals surface area contributed by atoms with E-state index in [-0.39, 0.29) is 3.99 Å². The number of thiol groups is 1. The molecule has 3 nitrogen and oxygen atoms in total. The summed E-state index contributed by atoms with van der Waals surface area (Å²) in [5.41, 5.74) is 0. The van der Waals surface area contributed by atoms with Crippen molar-refractivity contribution in [1.29, 1.82) is 0 Å². The van der Waals surface area contributed by atoms with Gasteiger partial charge in [-0.25, -0.2) is 0 Å². The zero-order chi connectivity index (χ0) is 12.3. The van der Waals surface area contributed by atoms with Crippen molar-refractivity contribution in [3.8, 4) is 0 Å². The van der Waals surface area contributed by atoms with Crippen molar-refractivity contribution in [2.75, 3.05) is 21.3 Å². The summed E-state index contributed by atoms with van der Waals surface area (Å²) in [7, 11) is 0.719. The predicted octanol–water partition coefficient (Wildman–Crippen LogP) is 2.36. The summed E-state index contributed by atoms with van der Waals surface area (Å²) in [5, 5.41) is 0. The molecule has 0 saturated carbocycles. The summed E-state index contributed by atoms with van der Waals surface area (Å²) >= 11 is 4.87. The van der Waals surface area contributed by atoms with Gasteiger partial charge in [0.05, 0.1) is 12.1 Å². The summed E-state index contributed by atoms with van der Waals surface area (Å²) < 4.78 is 16.5. The second-order valence-electron chi connectivity index (χ2n) is 4.63. The fourth-order valence-corrected chi connectivity index (χ4v) is 10.4. The Morgan fingerprint density at radius 3 is 1.40 bits per heavy atom. The van der Waals surface area contributed by atoms with Crippen LogP contribution in [0, 0.1) is 0 Å². The minimum Gasteiger partial charge on any atom is -0.376 e. The van der Waals surface area contributed by atoms with Crippen molar-refractivity contribution in [3.63, 3.8) is 0 Å². The largest absolute Gasteiger partial charge is 0.513 e. The molecule has 0 aliphatic heterocycles. The first-order chi connectivity index (χ1) is 6.74. The Balaban J connectivity index is 5.41. The number of hydrogen-bond donors (Lipinski definition) is 1. The SMILES string of the molecule is CC[C@](S)([Si](C)(C)C)[Si](OC)(OC)OC. The molecule has 0 N–H and O–H groups in total. The summed E-state index contributed by atoms with van der Waals surface area (Å²) in [6.45, 7) is 8.91. The summed E-state index contributed by atoms with van der Waals surface area (Å²) in [6, 6.07) is 0. The fourth-order valence-electron chi connectivity index (χ4n) is 1.96. The molecule has 0 heterocycles. The molecule has 92 valence electrons. The molecular weight excluding hydrogens is 244 g/mol. The summed E-state index contributed by atoms with van der Waals surface area (Å²) in [6.07, 6.45) is 0.896. The van der Waals surface area contributed by atoms with Crippen LogP contribution in [-0.2, 0) is 13.3 Å². The number of hydrogen-bond acceptors (Lipinski definition) is 4. The summed E-state index contributed by atoms with van der Waals surface area (Å²) in [4.78, 5) is 0. The highest BCUT2D eigenvalue weighted by Gasteiger charge is 2.62. The lowest BCUT2D eigenvalue weighted by molar-refractivity contribution is 0.115. The molecular formula is C9H24O3SSi2. The third-order valence-electron chi connectivity index (χ3n) is 3.07.